The zero-order chi connectivity index (χ0) is 15.7. The monoisotopic (exact) mass is 303 g/mol. The number of rotatable bonds is 2. The molecule has 0 bridgehead atoms. The minimum Gasteiger partial charge on any atom is -0.497 e. The van der Waals surface area contributed by atoms with E-state index in [2.05, 4.69) is 11.9 Å². The topological polar surface area (TPSA) is 12.5 Å². The van der Waals surface area contributed by atoms with E-state index in [9.17, 15) is 8.78 Å². The van der Waals surface area contributed by atoms with Crippen molar-refractivity contribution in [1.29, 1.82) is 0 Å². The zero-order valence-electron chi connectivity index (χ0n) is 12.8. The standard InChI is InChI=1S/C18H19F2NO/c1-21-8-7-16(12-3-6-17(19)18(20)10-12)15-5-4-14(22-2)9-13(15)11-21/h3-6,9-10,16H,7-8,11H2,1-2H3. The van der Waals surface area contributed by atoms with Gasteiger partial charge in [0, 0.05) is 12.5 Å². The van der Waals surface area contributed by atoms with Crippen molar-refractivity contribution in [2.24, 2.45) is 0 Å². The van der Waals surface area contributed by atoms with E-state index in [0.717, 1.165) is 36.4 Å². The van der Waals surface area contributed by atoms with Crippen molar-refractivity contribution in [1.82, 2.24) is 4.90 Å². The van der Waals surface area contributed by atoms with Crippen LogP contribution < -0.4 is 4.74 Å². The lowest BCUT2D eigenvalue weighted by molar-refractivity contribution is 0.327. The van der Waals surface area contributed by atoms with Gasteiger partial charge < -0.3 is 9.64 Å². The fourth-order valence-corrected chi connectivity index (χ4v) is 3.14. The van der Waals surface area contributed by atoms with Gasteiger partial charge in [-0.05, 0) is 61.0 Å². The average molecular weight is 303 g/mol. The van der Waals surface area contributed by atoms with Gasteiger partial charge in [-0.2, -0.15) is 0 Å². The van der Waals surface area contributed by atoms with Crippen LogP contribution in [0.2, 0.25) is 0 Å². The molecule has 0 fully saturated rings. The van der Waals surface area contributed by atoms with Gasteiger partial charge in [-0.25, -0.2) is 8.78 Å². The van der Waals surface area contributed by atoms with Crippen LogP contribution in [0.3, 0.4) is 0 Å². The van der Waals surface area contributed by atoms with E-state index in [0.29, 0.717) is 0 Å². The highest BCUT2D eigenvalue weighted by molar-refractivity contribution is 5.43. The van der Waals surface area contributed by atoms with Crippen LogP contribution in [0.1, 0.15) is 29.0 Å². The molecule has 1 heterocycles. The third kappa shape index (κ3) is 2.83. The Morgan fingerprint density at radius 1 is 1.09 bits per heavy atom. The first-order valence-electron chi connectivity index (χ1n) is 7.39. The highest BCUT2D eigenvalue weighted by Gasteiger charge is 2.23. The van der Waals surface area contributed by atoms with Crippen LogP contribution in [-0.2, 0) is 6.54 Å². The van der Waals surface area contributed by atoms with Gasteiger partial charge in [-0.3, -0.25) is 0 Å². The lowest BCUT2D eigenvalue weighted by atomic mass is 9.86. The lowest BCUT2D eigenvalue weighted by Gasteiger charge is -2.18. The number of fused-ring (bicyclic) bond motifs is 1. The molecule has 2 aromatic rings. The van der Waals surface area contributed by atoms with Gasteiger partial charge in [0.1, 0.15) is 5.75 Å². The molecule has 1 aliphatic rings. The third-order valence-corrected chi connectivity index (χ3v) is 4.31. The minimum atomic E-state index is -0.801. The van der Waals surface area contributed by atoms with Crippen LogP contribution in [-0.4, -0.2) is 25.6 Å². The largest absolute Gasteiger partial charge is 0.497 e. The van der Waals surface area contributed by atoms with E-state index in [1.165, 1.54) is 17.7 Å². The summed E-state index contributed by atoms with van der Waals surface area (Å²) >= 11 is 0. The van der Waals surface area contributed by atoms with Gasteiger partial charge in [0.05, 0.1) is 7.11 Å². The molecular weight excluding hydrogens is 284 g/mol. The Hall–Kier alpha value is -1.94. The quantitative estimate of drug-likeness (QED) is 0.833. The van der Waals surface area contributed by atoms with Crippen molar-refractivity contribution in [3.8, 4) is 5.75 Å². The second-order valence-electron chi connectivity index (χ2n) is 5.82. The number of methoxy groups -OCH3 is 1. The summed E-state index contributed by atoms with van der Waals surface area (Å²) in [5.74, 6) is -0.700. The molecule has 0 saturated carbocycles. The number of hydrogen-bond donors (Lipinski definition) is 0. The first-order valence-corrected chi connectivity index (χ1v) is 7.39. The molecule has 0 spiro atoms. The molecule has 1 aliphatic heterocycles. The molecular formula is C18H19F2NO. The minimum absolute atomic E-state index is 0.0703. The summed E-state index contributed by atoms with van der Waals surface area (Å²) in [6, 6.07) is 10.2. The van der Waals surface area contributed by atoms with Gasteiger partial charge in [0.2, 0.25) is 0 Å². The number of nitrogens with zero attached hydrogens (tertiary/aromatic N) is 1. The molecule has 2 nitrogen and oxygen atoms in total. The predicted octanol–water partition coefficient (Wildman–Crippen LogP) is 3.94. The normalized spacial score (nSPS) is 18.6. The molecule has 1 unspecified atom stereocenters. The van der Waals surface area contributed by atoms with Gasteiger partial charge >= 0.3 is 0 Å². The molecule has 4 heteroatoms. The molecule has 2 aromatic carbocycles. The second kappa shape index (κ2) is 6.05. The van der Waals surface area contributed by atoms with Crippen LogP contribution in [0.5, 0.6) is 5.75 Å². The summed E-state index contributed by atoms with van der Waals surface area (Å²) in [6.07, 6.45) is 0.876. The number of halogens is 2. The van der Waals surface area contributed by atoms with Crippen LogP contribution in [0.15, 0.2) is 36.4 Å². The average Bonchev–Trinajstić information content (AvgIpc) is 2.67. The Labute approximate surface area is 129 Å². The number of hydrogen-bond acceptors (Lipinski definition) is 2. The Balaban J connectivity index is 2.07. The molecule has 0 saturated heterocycles. The molecule has 0 aromatic heterocycles. The van der Waals surface area contributed by atoms with E-state index in [4.69, 9.17) is 4.74 Å². The molecule has 116 valence electrons. The fourth-order valence-electron chi connectivity index (χ4n) is 3.14. The number of ether oxygens (including phenoxy) is 1. The van der Waals surface area contributed by atoms with Gasteiger partial charge in [-0.15, -0.1) is 0 Å². The predicted molar refractivity (Wildman–Crippen MR) is 82.1 cm³/mol. The van der Waals surface area contributed by atoms with Crippen molar-refractivity contribution < 1.29 is 13.5 Å². The highest BCUT2D eigenvalue weighted by Crippen LogP contribution is 2.35. The van der Waals surface area contributed by atoms with Crippen molar-refractivity contribution >= 4 is 0 Å². The van der Waals surface area contributed by atoms with E-state index in [-0.39, 0.29) is 5.92 Å². The smallest absolute Gasteiger partial charge is 0.159 e. The molecule has 0 N–H and O–H groups in total. The van der Waals surface area contributed by atoms with Crippen LogP contribution in [0, 0.1) is 11.6 Å². The maximum atomic E-state index is 13.6. The SMILES string of the molecule is COc1ccc2c(c1)CN(C)CCC2c1ccc(F)c(F)c1. The zero-order valence-corrected chi connectivity index (χ0v) is 12.8. The summed E-state index contributed by atoms with van der Waals surface area (Å²) in [7, 11) is 3.71. The maximum absolute atomic E-state index is 13.6. The molecule has 0 aliphatic carbocycles. The van der Waals surface area contributed by atoms with Gasteiger partial charge in [-0.1, -0.05) is 12.1 Å². The summed E-state index contributed by atoms with van der Waals surface area (Å²) < 4.78 is 32.1. The number of benzene rings is 2. The molecule has 0 radical (unpaired) electrons. The second-order valence-corrected chi connectivity index (χ2v) is 5.82. The van der Waals surface area contributed by atoms with E-state index >= 15 is 0 Å². The van der Waals surface area contributed by atoms with Crippen molar-refractivity contribution in [3.05, 3.63) is 64.7 Å². The third-order valence-electron chi connectivity index (χ3n) is 4.31. The fraction of sp³-hybridized carbons (Fsp3) is 0.333. The van der Waals surface area contributed by atoms with Crippen molar-refractivity contribution in [2.45, 2.75) is 18.9 Å². The summed E-state index contributed by atoms with van der Waals surface area (Å²) in [6.45, 7) is 1.73. The Morgan fingerprint density at radius 3 is 2.64 bits per heavy atom. The summed E-state index contributed by atoms with van der Waals surface area (Å²) in [5.41, 5.74) is 3.16. The summed E-state index contributed by atoms with van der Waals surface area (Å²) in [4.78, 5) is 2.23. The van der Waals surface area contributed by atoms with Crippen molar-refractivity contribution in [2.75, 3.05) is 20.7 Å². The van der Waals surface area contributed by atoms with Crippen LogP contribution in [0.25, 0.3) is 0 Å². The van der Waals surface area contributed by atoms with E-state index in [1.807, 2.05) is 18.2 Å². The molecule has 0 amide bonds. The first-order chi connectivity index (χ1) is 10.6. The first kappa shape index (κ1) is 15.0. The lowest BCUT2D eigenvalue weighted by Crippen LogP contribution is -2.17. The maximum Gasteiger partial charge on any atom is 0.159 e. The highest BCUT2D eigenvalue weighted by atomic mass is 19.2. The molecule has 1 atom stereocenters. The summed E-state index contributed by atoms with van der Waals surface area (Å²) in [5, 5.41) is 0. The van der Waals surface area contributed by atoms with E-state index in [1.54, 1.807) is 13.2 Å². The molecule has 22 heavy (non-hydrogen) atoms. The van der Waals surface area contributed by atoms with Gasteiger partial charge in [0.15, 0.2) is 11.6 Å². The van der Waals surface area contributed by atoms with Crippen LogP contribution >= 0.6 is 0 Å². The van der Waals surface area contributed by atoms with Crippen molar-refractivity contribution in [3.63, 3.8) is 0 Å². The van der Waals surface area contributed by atoms with Crippen LogP contribution in [0.4, 0.5) is 8.78 Å². The van der Waals surface area contributed by atoms with E-state index < -0.39 is 11.6 Å². The Kier molecular flexibility index (Phi) is 4.12. The molecule has 3 rings (SSSR count). The Bertz CT molecular complexity index is 687. The van der Waals surface area contributed by atoms with Gasteiger partial charge in [0.25, 0.3) is 0 Å². The Morgan fingerprint density at radius 2 is 1.91 bits per heavy atom.